The molecule has 0 amide bonds. The number of benzene rings is 2. The van der Waals surface area contributed by atoms with Crippen LogP contribution in [0.15, 0.2) is 90.6 Å². The Morgan fingerprint density at radius 3 is 2.44 bits per heavy atom. The van der Waals surface area contributed by atoms with Crippen LogP contribution in [-0.4, -0.2) is 0 Å². The predicted octanol–water partition coefficient (Wildman–Crippen LogP) is 6.35. The maximum absolute atomic E-state index is 2.56. The fourth-order valence-electron chi connectivity index (χ4n) is 6.44. The van der Waals surface area contributed by atoms with E-state index in [9.17, 15) is 0 Å². The van der Waals surface area contributed by atoms with Crippen LogP contribution in [0, 0.1) is 18.8 Å². The zero-order valence-corrected chi connectivity index (χ0v) is 15.9. The van der Waals surface area contributed by atoms with E-state index in [-0.39, 0.29) is 5.41 Å². The fraction of sp³-hybridized carbons (Fsp3) is 0.259. The summed E-state index contributed by atoms with van der Waals surface area (Å²) in [6, 6.07) is 16.4. The monoisotopic (exact) mass is 348 g/mol. The van der Waals surface area contributed by atoms with Gasteiger partial charge in [-0.3, -0.25) is 0 Å². The third-order valence-electron chi connectivity index (χ3n) is 7.36. The van der Waals surface area contributed by atoms with Gasteiger partial charge in [-0.1, -0.05) is 96.1 Å². The molecule has 27 heavy (non-hydrogen) atoms. The minimum Gasteiger partial charge on any atom is -0.0793 e. The van der Waals surface area contributed by atoms with Gasteiger partial charge in [0.25, 0.3) is 0 Å². The Kier molecular flexibility index (Phi) is 2.99. The minimum atomic E-state index is 0.0422. The van der Waals surface area contributed by atoms with E-state index in [0.717, 1.165) is 0 Å². The molecule has 0 bridgehead atoms. The molecule has 0 fully saturated rings. The van der Waals surface area contributed by atoms with Crippen LogP contribution in [0.25, 0.3) is 0 Å². The van der Waals surface area contributed by atoms with Gasteiger partial charge in [0, 0.05) is 29.1 Å². The third-order valence-corrected chi connectivity index (χ3v) is 7.36. The van der Waals surface area contributed by atoms with Crippen LogP contribution >= 0.6 is 0 Å². The summed E-state index contributed by atoms with van der Waals surface area (Å²) in [5, 5.41) is 0. The first-order valence-electron chi connectivity index (χ1n) is 10.1. The van der Waals surface area contributed by atoms with Gasteiger partial charge in [0.15, 0.2) is 0 Å². The van der Waals surface area contributed by atoms with Crippen molar-refractivity contribution >= 4 is 0 Å². The van der Waals surface area contributed by atoms with Crippen molar-refractivity contribution in [3.05, 3.63) is 118 Å². The van der Waals surface area contributed by atoms with Crippen molar-refractivity contribution < 1.29 is 0 Å². The van der Waals surface area contributed by atoms with Gasteiger partial charge < -0.3 is 0 Å². The second-order valence-electron chi connectivity index (χ2n) is 8.69. The Hall–Kier alpha value is -2.60. The molecule has 5 atom stereocenters. The Morgan fingerprint density at radius 1 is 0.741 bits per heavy atom. The summed E-state index contributed by atoms with van der Waals surface area (Å²) in [5.41, 5.74) is 8.98. The molecule has 0 nitrogen and oxygen atoms in total. The van der Waals surface area contributed by atoms with E-state index in [1.165, 1.54) is 22.3 Å². The minimum absolute atomic E-state index is 0.0422. The summed E-state index contributed by atoms with van der Waals surface area (Å²) >= 11 is 0. The lowest BCUT2D eigenvalue weighted by Gasteiger charge is -2.41. The molecule has 0 heterocycles. The number of rotatable bonds is 0. The van der Waals surface area contributed by atoms with Crippen LogP contribution in [0.1, 0.15) is 46.6 Å². The van der Waals surface area contributed by atoms with Gasteiger partial charge in [-0.25, -0.2) is 0 Å². The molecule has 4 aliphatic rings. The lowest BCUT2D eigenvalue weighted by atomic mass is 9.61. The molecule has 2 aromatic carbocycles. The van der Waals surface area contributed by atoms with E-state index >= 15 is 0 Å². The third kappa shape index (κ3) is 1.79. The molecule has 2 aromatic rings. The summed E-state index contributed by atoms with van der Waals surface area (Å²) in [7, 11) is 0. The quantitative estimate of drug-likeness (QED) is 0.520. The van der Waals surface area contributed by atoms with Crippen molar-refractivity contribution in [3.63, 3.8) is 0 Å². The Balaban J connectivity index is 1.74. The smallest absolute Gasteiger partial charge is 0.0351 e. The highest BCUT2D eigenvalue weighted by Crippen LogP contribution is 2.67. The Labute approximate surface area is 161 Å². The van der Waals surface area contributed by atoms with Crippen molar-refractivity contribution in [1.82, 2.24) is 0 Å². The number of hydrogen-bond acceptors (Lipinski definition) is 0. The molecule has 0 radical (unpaired) electrons. The van der Waals surface area contributed by atoms with E-state index in [1.54, 1.807) is 11.1 Å². The summed E-state index contributed by atoms with van der Waals surface area (Å²) in [5.74, 6) is 1.95. The van der Waals surface area contributed by atoms with Crippen LogP contribution < -0.4 is 0 Å². The lowest BCUT2D eigenvalue weighted by molar-refractivity contribution is 0.311. The molecule has 6 rings (SSSR count). The van der Waals surface area contributed by atoms with Gasteiger partial charge in [-0.05, 0) is 36.1 Å². The van der Waals surface area contributed by atoms with Crippen LogP contribution in [0.2, 0.25) is 0 Å². The maximum atomic E-state index is 2.56. The fourth-order valence-corrected chi connectivity index (χ4v) is 6.44. The molecule has 1 spiro atoms. The highest BCUT2D eigenvalue weighted by molar-refractivity contribution is 5.65. The van der Waals surface area contributed by atoms with Crippen molar-refractivity contribution in [1.29, 1.82) is 0 Å². The molecule has 132 valence electrons. The average Bonchev–Trinajstić information content (AvgIpc) is 3.14. The van der Waals surface area contributed by atoms with Crippen molar-refractivity contribution in [2.24, 2.45) is 11.8 Å². The van der Waals surface area contributed by atoms with Gasteiger partial charge in [0.1, 0.15) is 0 Å². The van der Waals surface area contributed by atoms with Crippen LogP contribution in [-0.2, 0) is 5.41 Å². The summed E-state index contributed by atoms with van der Waals surface area (Å²) in [6.07, 6.45) is 16.8. The largest absolute Gasteiger partial charge is 0.0793 e. The van der Waals surface area contributed by atoms with Crippen molar-refractivity contribution in [2.75, 3.05) is 0 Å². The number of fused-ring (bicyclic) bond motifs is 10. The van der Waals surface area contributed by atoms with Crippen LogP contribution in [0.5, 0.6) is 0 Å². The van der Waals surface area contributed by atoms with Crippen LogP contribution in [0.4, 0.5) is 0 Å². The zero-order chi connectivity index (χ0) is 18.2. The van der Waals surface area contributed by atoms with Crippen molar-refractivity contribution in [3.8, 4) is 0 Å². The first-order chi connectivity index (χ1) is 13.2. The van der Waals surface area contributed by atoms with Crippen molar-refractivity contribution in [2.45, 2.75) is 31.1 Å². The SMILES string of the molecule is CC1=CC2C(C=C1)c1ccc(C)cc1C21c2ccccc2C2C=CC=CC21. The Bertz CT molecular complexity index is 1080. The number of aryl methyl sites for hydroxylation is 1. The highest BCUT2D eigenvalue weighted by Gasteiger charge is 2.61. The predicted molar refractivity (Wildman–Crippen MR) is 112 cm³/mol. The molecular formula is C27H24. The van der Waals surface area contributed by atoms with Gasteiger partial charge >= 0.3 is 0 Å². The highest BCUT2D eigenvalue weighted by atomic mass is 14.6. The van der Waals surface area contributed by atoms with E-state index in [1.807, 2.05) is 0 Å². The van der Waals surface area contributed by atoms with Gasteiger partial charge in [-0.15, -0.1) is 0 Å². The molecule has 0 aliphatic heterocycles. The summed E-state index contributed by atoms with van der Waals surface area (Å²) in [4.78, 5) is 0. The molecule has 0 heteroatoms. The first kappa shape index (κ1) is 15.5. The van der Waals surface area contributed by atoms with E-state index in [0.29, 0.717) is 23.7 Å². The topological polar surface area (TPSA) is 0 Å². The van der Waals surface area contributed by atoms with E-state index in [2.05, 4.69) is 98.8 Å². The molecule has 0 N–H and O–H groups in total. The Morgan fingerprint density at radius 2 is 1.52 bits per heavy atom. The first-order valence-corrected chi connectivity index (χ1v) is 10.1. The summed E-state index contributed by atoms with van der Waals surface area (Å²) in [6.45, 7) is 4.49. The van der Waals surface area contributed by atoms with Crippen LogP contribution in [0.3, 0.4) is 0 Å². The normalized spacial score (nSPS) is 34.2. The van der Waals surface area contributed by atoms with E-state index in [4.69, 9.17) is 0 Å². The molecular weight excluding hydrogens is 324 g/mol. The van der Waals surface area contributed by atoms with Gasteiger partial charge in [0.05, 0.1) is 0 Å². The summed E-state index contributed by atoms with van der Waals surface area (Å²) < 4.78 is 0. The molecule has 5 unspecified atom stereocenters. The van der Waals surface area contributed by atoms with Gasteiger partial charge in [-0.2, -0.15) is 0 Å². The second kappa shape index (κ2) is 5.23. The van der Waals surface area contributed by atoms with E-state index < -0.39 is 0 Å². The zero-order valence-electron chi connectivity index (χ0n) is 15.9. The number of allylic oxidation sites excluding steroid dienone is 8. The second-order valence-corrected chi connectivity index (χ2v) is 8.69. The standard InChI is InChI=1S/C27H24/c1-17-11-13-21-22-14-12-18(2)16-26(22)27(25(21)15-17)23-9-5-3-7-19(23)20-8-4-6-10-24(20)27/h3-16,19,21,23,25H,1-2H3. The molecule has 0 saturated carbocycles. The molecule has 0 saturated heterocycles. The molecule has 4 aliphatic carbocycles. The number of hydrogen-bond donors (Lipinski definition) is 0. The molecule has 0 aromatic heterocycles. The lowest BCUT2D eigenvalue weighted by Crippen LogP contribution is -2.38. The maximum Gasteiger partial charge on any atom is 0.0351 e. The van der Waals surface area contributed by atoms with Gasteiger partial charge in [0.2, 0.25) is 0 Å². The average molecular weight is 348 g/mol.